The third-order valence-electron chi connectivity index (χ3n) is 6.27. The Morgan fingerprint density at radius 3 is 2.34 bits per heavy atom. The van der Waals surface area contributed by atoms with E-state index in [1.807, 2.05) is 42.5 Å². The summed E-state index contributed by atoms with van der Waals surface area (Å²) in [5.41, 5.74) is 5.89. The van der Waals surface area contributed by atoms with E-state index >= 15 is 0 Å². The van der Waals surface area contributed by atoms with Crippen LogP contribution in [0.15, 0.2) is 95.6 Å². The molecule has 0 saturated heterocycles. The van der Waals surface area contributed by atoms with Gasteiger partial charge in [0.2, 0.25) is 0 Å². The number of benzene rings is 3. The molecule has 0 atom stereocenters. The Balaban J connectivity index is 1.15. The third-order valence-corrected chi connectivity index (χ3v) is 6.27. The van der Waals surface area contributed by atoms with Crippen LogP contribution in [0.25, 0.3) is 0 Å². The van der Waals surface area contributed by atoms with E-state index in [0.29, 0.717) is 30.0 Å². The number of amides is 2. The molecule has 1 aromatic heterocycles. The summed E-state index contributed by atoms with van der Waals surface area (Å²) < 4.78 is 5.24. The maximum Gasteiger partial charge on any atom is 0.251 e. The van der Waals surface area contributed by atoms with Crippen molar-refractivity contribution < 1.29 is 14.0 Å². The second-order valence-corrected chi connectivity index (χ2v) is 8.63. The molecule has 0 aliphatic carbocycles. The number of hydrogen-bond donors (Lipinski definition) is 2. The number of furan rings is 1. The van der Waals surface area contributed by atoms with Gasteiger partial charge >= 0.3 is 0 Å². The van der Waals surface area contributed by atoms with Crippen molar-refractivity contribution >= 4 is 17.5 Å². The Bertz CT molecular complexity index is 1310. The molecule has 6 nitrogen and oxygen atoms in total. The Morgan fingerprint density at radius 2 is 1.54 bits per heavy atom. The fraction of sp³-hybridized carbons (Fsp3) is 0.172. The van der Waals surface area contributed by atoms with Gasteiger partial charge in [0, 0.05) is 36.4 Å². The van der Waals surface area contributed by atoms with Crippen molar-refractivity contribution in [2.45, 2.75) is 26.1 Å². The molecule has 2 N–H and O–H groups in total. The van der Waals surface area contributed by atoms with Gasteiger partial charge in [-0.25, -0.2) is 0 Å². The van der Waals surface area contributed by atoms with Crippen molar-refractivity contribution in [3.63, 3.8) is 0 Å². The first kappa shape index (κ1) is 22.5. The first-order valence-corrected chi connectivity index (χ1v) is 11.8. The number of nitrogens with zero attached hydrogens (tertiary/aromatic N) is 1. The van der Waals surface area contributed by atoms with Crippen LogP contribution in [0.3, 0.4) is 0 Å². The average molecular weight is 466 g/mol. The third kappa shape index (κ3) is 5.44. The lowest BCUT2D eigenvalue weighted by molar-refractivity contribution is 0.0943. The van der Waals surface area contributed by atoms with Crippen LogP contribution in [-0.2, 0) is 26.1 Å². The van der Waals surface area contributed by atoms with Gasteiger partial charge < -0.3 is 20.0 Å². The number of hydrogen-bond acceptors (Lipinski definition) is 4. The summed E-state index contributed by atoms with van der Waals surface area (Å²) in [6, 6.07) is 27.1. The van der Waals surface area contributed by atoms with E-state index in [1.54, 1.807) is 24.5 Å². The summed E-state index contributed by atoms with van der Waals surface area (Å²) in [5.74, 6) is 0.358. The quantitative estimate of drug-likeness (QED) is 0.415. The summed E-state index contributed by atoms with van der Waals surface area (Å²) in [7, 11) is 0. The Hall–Kier alpha value is -4.32. The number of rotatable bonds is 7. The first-order valence-electron chi connectivity index (χ1n) is 11.8. The van der Waals surface area contributed by atoms with Gasteiger partial charge in [-0.1, -0.05) is 36.4 Å². The molecule has 1 aliphatic rings. The van der Waals surface area contributed by atoms with Gasteiger partial charge in [-0.3, -0.25) is 9.59 Å². The summed E-state index contributed by atoms with van der Waals surface area (Å²) >= 11 is 0. The first-order chi connectivity index (χ1) is 17.2. The zero-order valence-corrected chi connectivity index (χ0v) is 19.4. The highest BCUT2D eigenvalue weighted by Crippen LogP contribution is 2.24. The fourth-order valence-corrected chi connectivity index (χ4v) is 4.33. The number of carbonyl (C=O) groups excluding carboxylic acids is 2. The minimum absolute atomic E-state index is 0.145. The lowest BCUT2D eigenvalue weighted by Gasteiger charge is -2.30. The molecule has 6 heteroatoms. The van der Waals surface area contributed by atoms with Crippen LogP contribution in [-0.4, -0.2) is 18.4 Å². The van der Waals surface area contributed by atoms with Crippen LogP contribution < -0.4 is 15.5 Å². The number of fused-ring (bicyclic) bond motifs is 1. The van der Waals surface area contributed by atoms with Crippen LogP contribution >= 0.6 is 0 Å². The SMILES string of the molecule is O=C(NCc1cccc(C(=O)NCc2ccco2)c1)c1ccc(N2CCc3ccccc3C2)cc1. The van der Waals surface area contributed by atoms with E-state index in [2.05, 4.69) is 39.8 Å². The second kappa shape index (κ2) is 10.3. The van der Waals surface area contributed by atoms with Gasteiger partial charge in [0.1, 0.15) is 5.76 Å². The second-order valence-electron chi connectivity index (χ2n) is 8.63. The highest BCUT2D eigenvalue weighted by atomic mass is 16.3. The molecular weight excluding hydrogens is 438 g/mol. The van der Waals surface area contributed by atoms with E-state index < -0.39 is 0 Å². The molecule has 0 bridgehead atoms. The fourth-order valence-electron chi connectivity index (χ4n) is 4.33. The van der Waals surface area contributed by atoms with Crippen LogP contribution in [0.4, 0.5) is 5.69 Å². The molecule has 35 heavy (non-hydrogen) atoms. The molecule has 4 aromatic rings. The predicted molar refractivity (Wildman–Crippen MR) is 135 cm³/mol. The lowest BCUT2D eigenvalue weighted by Crippen LogP contribution is -2.30. The largest absolute Gasteiger partial charge is 0.467 e. The zero-order chi connectivity index (χ0) is 24.0. The minimum atomic E-state index is -0.189. The van der Waals surface area contributed by atoms with Crippen LogP contribution in [0.1, 0.15) is 43.2 Å². The molecule has 3 aromatic carbocycles. The van der Waals surface area contributed by atoms with Crippen molar-refractivity contribution in [1.29, 1.82) is 0 Å². The molecule has 0 spiro atoms. The molecule has 176 valence electrons. The highest BCUT2D eigenvalue weighted by molar-refractivity contribution is 5.95. The summed E-state index contributed by atoms with van der Waals surface area (Å²) in [4.78, 5) is 27.5. The maximum absolute atomic E-state index is 12.7. The van der Waals surface area contributed by atoms with Crippen LogP contribution in [0.2, 0.25) is 0 Å². The van der Waals surface area contributed by atoms with Gasteiger partial charge in [0.05, 0.1) is 12.8 Å². The van der Waals surface area contributed by atoms with Gasteiger partial charge in [-0.2, -0.15) is 0 Å². The van der Waals surface area contributed by atoms with E-state index in [4.69, 9.17) is 4.42 Å². The van der Waals surface area contributed by atoms with Gasteiger partial charge in [-0.15, -0.1) is 0 Å². The molecule has 0 saturated carbocycles. The van der Waals surface area contributed by atoms with Gasteiger partial charge in [0.25, 0.3) is 11.8 Å². The lowest BCUT2D eigenvalue weighted by atomic mass is 9.99. The van der Waals surface area contributed by atoms with Crippen molar-refractivity contribution in [3.8, 4) is 0 Å². The minimum Gasteiger partial charge on any atom is -0.467 e. The normalized spacial score (nSPS) is 12.6. The molecule has 0 radical (unpaired) electrons. The van der Waals surface area contributed by atoms with Crippen molar-refractivity contribution in [1.82, 2.24) is 10.6 Å². The summed E-state index contributed by atoms with van der Waals surface area (Å²) in [6.07, 6.45) is 2.60. The maximum atomic E-state index is 12.7. The number of nitrogens with one attached hydrogen (secondary N) is 2. The van der Waals surface area contributed by atoms with Crippen LogP contribution in [0, 0.1) is 0 Å². The zero-order valence-electron chi connectivity index (χ0n) is 19.4. The highest BCUT2D eigenvalue weighted by Gasteiger charge is 2.16. The average Bonchev–Trinajstić information content (AvgIpc) is 3.44. The van der Waals surface area contributed by atoms with Gasteiger partial charge in [0.15, 0.2) is 0 Å². The molecule has 0 fully saturated rings. The summed E-state index contributed by atoms with van der Waals surface area (Å²) in [5, 5.41) is 5.78. The van der Waals surface area contributed by atoms with E-state index in [1.165, 1.54) is 11.1 Å². The Labute approximate surface area is 204 Å². The topological polar surface area (TPSA) is 74.6 Å². The van der Waals surface area contributed by atoms with E-state index in [0.717, 1.165) is 30.8 Å². The van der Waals surface area contributed by atoms with E-state index in [-0.39, 0.29) is 11.8 Å². The monoisotopic (exact) mass is 465 g/mol. The van der Waals surface area contributed by atoms with Crippen molar-refractivity contribution in [2.24, 2.45) is 0 Å². The number of carbonyl (C=O) groups is 2. The molecule has 2 amide bonds. The van der Waals surface area contributed by atoms with Crippen molar-refractivity contribution in [3.05, 3.63) is 125 Å². The number of anilines is 1. The standard InChI is InChI=1S/C29H27N3O3/c33-28(23-10-12-26(13-11-23)32-15-14-22-6-1-2-7-25(22)20-32)30-18-21-5-3-8-24(17-21)29(34)31-19-27-9-4-16-35-27/h1-13,16-17H,14-15,18-20H2,(H,30,33)(H,31,34). The molecule has 2 heterocycles. The smallest absolute Gasteiger partial charge is 0.251 e. The van der Waals surface area contributed by atoms with Crippen molar-refractivity contribution in [2.75, 3.05) is 11.4 Å². The molecule has 1 aliphatic heterocycles. The predicted octanol–water partition coefficient (Wildman–Crippen LogP) is 4.70. The molecule has 5 rings (SSSR count). The summed E-state index contributed by atoms with van der Waals surface area (Å²) in [6.45, 7) is 2.51. The Morgan fingerprint density at radius 1 is 0.771 bits per heavy atom. The van der Waals surface area contributed by atoms with E-state index in [9.17, 15) is 9.59 Å². The molecule has 0 unspecified atom stereocenters. The Kier molecular flexibility index (Phi) is 6.61. The molecular formula is C29H27N3O3. The van der Waals surface area contributed by atoms with Gasteiger partial charge in [-0.05, 0) is 71.6 Å². The van der Waals surface area contributed by atoms with Crippen LogP contribution in [0.5, 0.6) is 0 Å².